The number of aliphatic carboxylic acids is 1. The van der Waals surface area contributed by atoms with Gasteiger partial charge in [0.1, 0.15) is 0 Å². The fourth-order valence-electron chi connectivity index (χ4n) is 0.740. The summed E-state index contributed by atoms with van der Waals surface area (Å²) in [5, 5.41) is 10.4. The van der Waals surface area contributed by atoms with Crippen LogP contribution >= 0.6 is 0 Å². The van der Waals surface area contributed by atoms with Gasteiger partial charge in [0, 0.05) is 0 Å². The van der Waals surface area contributed by atoms with E-state index in [0.29, 0.717) is 0 Å². The molecule has 0 bridgehead atoms. The van der Waals surface area contributed by atoms with Crippen LogP contribution < -0.4 is 34.7 Å². The fraction of sp³-hybridized carbons (Fsp3) is 0.625. The number of esters is 2. The third-order valence-electron chi connectivity index (χ3n) is 1.28. The standard InChI is InChI=1S/C8H12O6.Na/c1-3-13-7(11)5(6(9)10)8(12)14-4-2;/h5H,3-4H2,1-2H3,(H,9,10);/q;+1/p-1. The summed E-state index contributed by atoms with van der Waals surface area (Å²) in [7, 11) is 0. The van der Waals surface area contributed by atoms with Crippen molar-refractivity contribution in [3.8, 4) is 0 Å². The van der Waals surface area contributed by atoms with Gasteiger partial charge in [-0.05, 0) is 13.8 Å². The van der Waals surface area contributed by atoms with Crippen LogP contribution in [-0.2, 0) is 23.9 Å². The maximum Gasteiger partial charge on any atom is 1.00 e. The van der Waals surface area contributed by atoms with Crippen molar-refractivity contribution >= 4 is 17.9 Å². The zero-order valence-corrected chi connectivity index (χ0v) is 10.9. The second-order valence-corrected chi connectivity index (χ2v) is 2.26. The zero-order valence-electron chi connectivity index (χ0n) is 8.94. The molecule has 0 aromatic rings. The third-order valence-corrected chi connectivity index (χ3v) is 1.28. The molecule has 0 aliphatic rings. The maximum absolute atomic E-state index is 11.0. The molecule has 0 N–H and O–H groups in total. The van der Waals surface area contributed by atoms with Gasteiger partial charge >= 0.3 is 41.5 Å². The predicted octanol–water partition coefficient (Wildman–Crippen LogP) is -4.52. The average Bonchev–Trinajstić information content (AvgIpc) is 2.04. The van der Waals surface area contributed by atoms with Crippen molar-refractivity contribution in [1.29, 1.82) is 0 Å². The molecule has 0 amide bonds. The van der Waals surface area contributed by atoms with E-state index in [1.807, 2.05) is 0 Å². The number of hydrogen-bond acceptors (Lipinski definition) is 6. The monoisotopic (exact) mass is 226 g/mol. The average molecular weight is 226 g/mol. The molecule has 0 aliphatic heterocycles. The first-order chi connectivity index (χ1) is 6.54. The van der Waals surface area contributed by atoms with Gasteiger partial charge in [0.05, 0.1) is 19.2 Å². The molecule has 0 saturated heterocycles. The van der Waals surface area contributed by atoms with Gasteiger partial charge in [-0.3, -0.25) is 9.59 Å². The van der Waals surface area contributed by atoms with Crippen LogP contribution in [0.3, 0.4) is 0 Å². The van der Waals surface area contributed by atoms with Gasteiger partial charge < -0.3 is 19.4 Å². The van der Waals surface area contributed by atoms with Crippen molar-refractivity contribution in [3.05, 3.63) is 0 Å². The van der Waals surface area contributed by atoms with Crippen LogP contribution in [0.4, 0.5) is 0 Å². The van der Waals surface area contributed by atoms with Crippen LogP contribution in [0.5, 0.6) is 0 Å². The molecule has 15 heavy (non-hydrogen) atoms. The molecule has 0 unspecified atom stereocenters. The van der Waals surface area contributed by atoms with E-state index < -0.39 is 23.8 Å². The van der Waals surface area contributed by atoms with E-state index in [0.717, 1.165) is 0 Å². The van der Waals surface area contributed by atoms with Crippen molar-refractivity contribution in [3.63, 3.8) is 0 Å². The minimum atomic E-state index is -1.99. The Morgan fingerprint density at radius 2 is 1.40 bits per heavy atom. The quantitative estimate of drug-likeness (QED) is 0.266. The van der Waals surface area contributed by atoms with Gasteiger partial charge in [0.15, 0.2) is 5.92 Å². The number of carboxylic acids is 1. The predicted molar refractivity (Wildman–Crippen MR) is 41.8 cm³/mol. The molecule has 0 radical (unpaired) electrons. The van der Waals surface area contributed by atoms with E-state index in [1.165, 1.54) is 13.8 Å². The molecule has 80 valence electrons. The van der Waals surface area contributed by atoms with Gasteiger partial charge in [-0.2, -0.15) is 0 Å². The van der Waals surface area contributed by atoms with Crippen molar-refractivity contribution in [2.75, 3.05) is 13.2 Å². The third kappa shape index (κ3) is 5.76. The Morgan fingerprint density at radius 1 is 1.07 bits per heavy atom. The van der Waals surface area contributed by atoms with Crippen LogP contribution in [-0.4, -0.2) is 31.1 Å². The first-order valence-electron chi connectivity index (χ1n) is 4.08. The van der Waals surface area contributed by atoms with Crippen molar-refractivity contribution in [2.24, 2.45) is 5.92 Å². The van der Waals surface area contributed by atoms with Crippen LogP contribution in [0.15, 0.2) is 0 Å². The van der Waals surface area contributed by atoms with Gasteiger partial charge in [0.2, 0.25) is 0 Å². The Balaban J connectivity index is 0. The number of rotatable bonds is 5. The Kier molecular flexibility index (Phi) is 9.76. The second-order valence-electron chi connectivity index (χ2n) is 2.26. The fourth-order valence-corrected chi connectivity index (χ4v) is 0.740. The van der Waals surface area contributed by atoms with E-state index in [4.69, 9.17) is 0 Å². The second kappa shape index (κ2) is 8.70. The molecule has 0 heterocycles. The molecular formula is C8H11NaO6. The minimum Gasteiger partial charge on any atom is -0.549 e. The molecule has 6 nitrogen and oxygen atoms in total. The Bertz CT molecular complexity index is 221. The molecule has 0 aliphatic carbocycles. The molecule has 0 atom stereocenters. The largest absolute Gasteiger partial charge is 1.00 e. The molecular weight excluding hydrogens is 215 g/mol. The van der Waals surface area contributed by atoms with Crippen molar-refractivity contribution in [1.82, 2.24) is 0 Å². The van der Waals surface area contributed by atoms with Crippen LogP contribution in [0.25, 0.3) is 0 Å². The Hall–Kier alpha value is -0.590. The topological polar surface area (TPSA) is 92.7 Å². The number of carboxylic acid groups (broad SMARTS) is 1. The van der Waals surface area contributed by atoms with Crippen LogP contribution in [0.1, 0.15) is 13.8 Å². The number of carbonyl (C=O) groups is 3. The Labute approximate surface area is 109 Å². The van der Waals surface area contributed by atoms with Crippen LogP contribution in [0.2, 0.25) is 0 Å². The van der Waals surface area contributed by atoms with Crippen molar-refractivity contribution < 1.29 is 58.5 Å². The minimum absolute atomic E-state index is 0. The first kappa shape index (κ1) is 16.8. The SMILES string of the molecule is CCOC(=O)C(C(=O)[O-])C(=O)OCC.[Na+]. The van der Waals surface area contributed by atoms with E-state index in [1.54, 1.807) is 0 Å². The summed E-state index contributed by atoms with van der Waals surface area (Å²) in [6.07, 6.45) is 0. The number of carbonyl (C=O) groups excluding carboxylic acids is 3. The molecule has 0 aromatic carbocycles. The number of ether oxygens (including phenoxy) is 2. The zero-order chi connectivity index (χ0) is 11.1. The summed E-state index contributed by atoms with van der Waals surface area (Å²) in [5.74, 6) is -6.13. The van der Waals surface area contributed by atoms with E-state index in [-0.39, 0.29) is 42.8 Å². The van der Waals surface area contributed by atoms with E-state index in [9.17, 15) is 19.5 Å². The van der Waals surface area contributed by atoms with Crippen LogP contribution in [0, 0.1) is 5.92 Å². The molecule has 0 aromatic heterocycles. The van der Waals surface area contributed by atoms with Gasteiger partial charge in [-0.25, -0.2) is 0 Å². The molecule has 0 saturated carbocycles. The summed E-state index contributed by atoms with van der Waals surface area (Å²) < 4.78 is 8.74. The maximum atomic E-state index is 11.0. The van der Waals surface area contributed by atoms with E-state index >= 15 is 0 Å². The molecule has 0 rings (SSSR count). The smallest absolute Gasteiger partial charge is 0.549 e. The molecule has 0 fully saturated rings. The van der Waals surface area contributed by atoms with Gasteiger partial charge in [0.25, 0.3) is 0 Å². The Morgan fingerprint density at radius 3 is 1.60 bits per heavy atom. The first-order valence-corrected chi connectivity index (χ1v) is 4.08. The molecule has 7 heteroatoms. The summed E-state index contributed by atoms with van der Waals surface area (Å²) in [6.45, 7) is 2.97. The van der Waals surface area contributed by atoms with Gasteiger partial charge in [-0.1, -0.05) is 0 Å². The number of hydrogen-bond donors (Lipinski definition) is 0. The molecule has 0 spiro atoms. The summed E-state index contributed by atoms with van der Waals surface area (Å²) in [5.41, 5.74) is 0. The van der Waals surface area contributed by atoms with Gasteiger partial charge in [-0.15, -0.1) is 0 Å². The summed E-state index contributed by atoms with van der Waals surface area (Å²) in [6, 6.07) is 0. The normalized spacial score (nSPS) is 9.00. The van der Waals surface area contributed by atoms with Crippen molar-refractivity contribution in [2.45, 2.75) is 13.8 Å². The summed E-state index contributed by atoms with van der Waals surface area (Å²) >= 11 is 0. The summed E-state index contributed by atoms with van der Waals surface area (Å²) in [4.78, 5) is 32.3. The van der Waals surface area contributed by atoms with E-state index in [2.05, 4.69) is 9.47 Å².